The van der Waals surface area contributed by atoms with E-state index in [1.54, 1.807) is 6.07 Å². The van der Waals surface area contributed by atoms with E-state index in [0.717, 1.165) is 5.56 Å². The molecular formula is C11H15ClFNO. The second-order valence-electron chi connectivity index (χ2n) is 3.42. The number of aliphatic hydroxyl groups is 1. The van der Waals surface area contributed by atoms with E-state index in [1.807, 2.05) is 6.92 Å². The third-order valence-electron chi connectivity index (χ3n) is 2.21. The van der Waals surface area contributed by atoms with Gasteiger partial charge in [-0.25, -0.2) is 4.39 Å². The number of rotatable bonds is 5. The third-order valence-corrected chi connectivity index (χ3v) is 2.54. The lowest BCUT2D eigenvalue weighted by molar-refractivity contribution is 0.284. The minimum atomic E-state index is -0.327. The van der Waals surface area contributed by atoms with Crippen molar-refractivity contribution in [3.63, 3.8) is 0 Å². The molecule has 15 heavy (non-hydrogen) atoms. The fourth-order valence-corrected chi connectivity index (χ4v) is 1.69. The van der Waals surface area contributed by atoms with Crippen LogP contribution < -0.4 is 5.32 Å². The Hall–Kier alpha value is -0.640. The van der Waals surface area contributed by atoms with Crippen LogP contribution in [0.5, 0.6) is 0 Å². The summed E-state index contributed by atoms with van der Waals surface area (Å²) in [6.07, 6.45) is 0.698. The molecule has 2 nitrogen and oxygen atoms in total. The van der Waals surface area contributed by atoms with Gasteiger partial charge in [0.15, 0.2) is 0 Å². The van der Waals surface area contributed by atoms with E-state index in [1.165, 1.54) is 12.1 Å². The molecule has 0 aliphatic heterocycles. The summed E-state index contributed by atoms with van der Waals surface area (Å²) in [6, 6.07) is 4.44. The highest BCUT2D eigenvalue weighted by Gasteiger charge is 2.09. The Morgan fingerprint density at radius 2 is 2.27 bits per heavy atom. The Balaban J connectivity index is 2.61. The zero-order valence-electron chi connectivity index (χ0n) is 8.63. The summed E-state index contributed by atoms with van der Waals surface area (Å²) < 4.78 is 12.8. The Morgan fingerprint density at radius 1 is 1.53 bits per heavy atom. The Morgan fingerprint density at radius 3 is 2.87 bits per heavy atom. The highest BCUT2D eigenvalue weighted by molar-refractivity contribution is 6.31. The van der Waals surface area contributed by atoms with Gasteiger partial charge in [0, 0.05) is 17.7 Å². The molecule has 0 amide bonds. The Labute approximate surface area is 94.1 Å². The van der Waals surface area contributed by atoms with Gasteiger partial charge in [0.1, 0.15) is 5.82 Å². The van der Waals surface area contributed by atoms with Crippen molar-refractivity contribution in [1.82, 2.24) is 5.32 Å². The molecule has 2 N–H and O–H groups in total. The quantitative estimate of drug-likeness (QED) is 0.764. The number of aliphatic hydroxyl groups excluding tert-OH is 1. The molecule has 1 aromatic carbocycles. The first-order valence-electron chi connectivity index (χ1n) is 4.94. The smallest absolute Gasteiger partial charge is 0.124 e. The molecule has 0 fully saturated rings. The van der Waals surface area contributed by atoms with Crippen LogP contribution in [0.25, 0.3) is 0 Å². The first kappa shape index (κ1) is 12.4. The molecule has 0 bridgehead atoms. The molecule has 0 aliphatic rings. The van der Waals surface area contributed by atoms with E-state index in [0.29, 0.717) is 18.0 Å². The Kier molecular flexibility index (Phi) is 5.02. The van der Waals surface area contributed by atoms with Crippen LogP contribution in [0, 0.1) is 5.82 Å². The van der Waals surface area contributed by atoms with Crippen LogP contribution in [0.3, 0.4) is 0 Å². The first-order valence-corrected chi connectivity index (χ1v) is 5.32. The summed E-state index contributed by atoms with van der Waals surface area (Å²) in [6.45, 7) is 2.83. The summed E-state index contributed by atoms with van der Waals surface area (Å²) in [5, 5.41) is 12.2. The second kappa shape index (κ2) is 6.05. The molecule has 84 valence electrons. The van der Waals surface area contributed by atoms with Gasteiger partial charge in [-0.15, -0.1) is 0 Å². The topological polar surface area (TPSA) is 32.3 Å². The normalized spacial score (nSPS) is 12.8. The lowest BCUT2D eigenvalue weighted by atomic mass is 10.1. The summed E-state index contributed by atoms with van der Waals surface area (Å²) in [5.74, 6) is -0.327. The average molecular weight is 232 g/mol. The van der Waals surface area contributed by atoms with Crippen molar-refractivity contribution in [3.05, 3.63) is 34.6 Å². The van der Waals surface area contributed by atoms with Crippen molar-refractivity contribution >= 4 is 11.6 Å². The summed E-state index contributed by atoms with van der Waals surface area (Å²) in [4.78, 5) is 0. The van der Waals surface area contributed by atoms with Crippen molar-refractivity contribution in [2.45, 2.75) is 19.4 Å². The van der Waals surface area contributed by atoms with Crippen molar-refractivity contribution in [1.29, 1.82) is 0 Å². The Bertz CT molecular complexity index is 319. The fourth-order valence-electron chi connectivity index (χ4n) is 1.36. The van der Waals surface area contributed by atoms with Gasteiger partial charge in [-0.05, 0) is 37.6 Å². The van der Waals surface area contributed by atoms with Crippen LogP contribution in [-0.4, -0.2) is 18.3 Å². The van der Waals surface area contributed by atoms with E-state index in [-0.39, 0.29) is 18.5 Å². The molecule has 0 unspecified atom stereocenters. The van der Waals surface area contributed by atoms with Crippen LogP contribution >= 0.6 is 11.6 Å². The lowest BCUT2D eigenvalue weighted by Gasteiger charge is -2.15. The maximum Gasteiger partial charge on any atom is 0.124 e. The summed E-state index contributed by atoms with van der Waals surface area (Å²) in [5.41, 5.74) is 0.871. The molecule has 0 saturated carbocycles. The van der Waals surface area contributed by atoms with Crippen molar-refractivity contribution < 1.29 is 9.50 Å². The maximum atomic E-state index is 12.8. The number of halogens is 2. The molecule has 0 spiro atoms. The van der Waals surface area contributed by atoms with Gasteiger partial charge >= 0.3 is 0 Å². The molecule has 1 rings (SSSR count). The lowest BCUT2D eigenvalue weighted by Crippen LogP contribution is -2.20. The molecule has 4 heteroatoms. The monoisotopic (exact) mass is 231 g/mol. The highest BCUT2D eigenvalue weighted by Crippen LogP contribution is 2.23. The van der Waals surface area contributed by atoms with E-state index in [4.69, 9.17) is 16.7 Å². The maximum absolute atomic E-state index is 12.8. The van der Waals surface area contributed by atoms with Gasteiger partial charge in [-0.3, -0.25) is 0 Å². The van der Waals surface area contributed by atoms with Crippen LogP contribution in [-0.2, 0) is 0 Å². The van der Waals surface area contributed by atoms with E-state index < -0.39 is 0 Å². The minimum absolute atomic E-state index is 0.0599. The number of hydrogen-bond donors (Lipinski definition) is 2. The van der Waals surface area contributed by atoms with Crippen LogP contribution in [0.4, 0.5) is 4.39 Å². The zero-order chi connectivity index (χ0) is 11.3. The first-order chi connectivity index (χ1) is 7.15. The van der Waals surface area contributed by atoms with Crippen LogP contribution in [0.15, 0.2) is 18.2 Å². The van der Waals surface area contributed by atoms with Gasteiger partial charge in [0.05, 0.1) is 0 Å². The van der Waals surface area contributed by atoms with E-state index in [9.17, 15) is 4.39 Å². The standard InChI is InChI=1S/C11H15ClFNO/c1-8(14-5-2-6-15)10-4-3-9(13)7-11(10)12/h3-4,7-8,14-15H,2,5-6H2,1H3/t8-/m1/s1. The van der Waals surface area contributed by atoms with Crippen molar-refractivity contribution in [3.8, 4) is 0 Å². The number of benzene rings is 1. The molecule has 1 aromatic rings. The molecule has 1 atom stereocenters. The zero-order valence-corrected chi connectivity index (χ0v) is 9.39. The molecule has 0 heterocycles. The molecule has 0 aliphatic carbocycles. The van der Waals surface area contributed by atoms with Crippen LogP contribution in [0.2, 0.25) is 5.02 Å². The van der Waals surface area contributed by atoms with Gasteiger partial charge in [0.25, 0.3) is 0 Å². The molecule has 0 saturated heterocycles. The van der Waals surface area contributed by atoms with E-state index >= 15 is 0 Å². The average Bonchev–Trinajstić information content (AvgIpc) is 2.17. The largest absolute Gasteiger partial charge is 0.396 e. The van der Waals surface area contributed by atoms with Crippen molar-refractivity contribution in [2.24, 2.45) is 0 Å². The number of nitrogens with one attached hydrogen (secondary N) is 1. The van der Waals surface area contributed by atoms with Crippen LogP contribution in [0.1, 0.15) is 24.9 Å². The number of hydrogen-bond acceptors (Lipinski definition) is 2. The molecular weight excluding hydrogens is 217 g/mol. The molecule has 0 aromatic heterocycles. The fraction of sp³-hybridized carbons (Fsp3) is 0.455. The van der Waals surface area contributed by atoms with Gasteiger partial charge in [0.2, 0.25) is 0 Å². The van der Waals surface area contributed by atoms with Gasteiger partial charge in [-0.1, -0.05) is 17.7 Å². The van der Waals surface area contributed by atoms with Gasteiger partial charge in [-0.2, -0.15) is 0 Å². The summed E-state index contributed by atoms with van der Waals surface area (Å²) in [7, 11) is 0. The van der Waals surface area contributed by atoms with E-state index in [2.05, 4.69) is 5.32 Å². The minimum Gasteiger partial charge on any atom is -0.396 e. The SMILES string of the molecule is C[C@@H](NCCCO)c1ccc(F)cc1Cl. The van der Waals surface area contributed by atoms with Gasteiger partial charge < -0.3 is 10.4 Å². The predicted molar refractivity (Wildman–Crippen MR) is 59.5 cm³/mol. The summed E-state index contributed by atoms with van der Waals surface area (Å²) >= 11 is 5.91. The van der Waals surface area contributed by atoms with Crippen molar-refractivity contribution in [2.75, 3.05) is 13.2 Å². The predicted octanol–water partition coefficient (Wildman–Crippen LogP) is 2.51. The highest BCUT2D eigenvalue weighted by atomic mass is 35.5. The third kappa shape index (κ3) is 3.78. The second-order valence-corrected chi connectivity index (χ2v) is 3.83. The molecule has 0 radical (unpaired) electrons.